The lowest BCUT2D eigenvalue weighted by molar-refractivity contribution is 0.585. The molecule has 0 saturated heterocycles. The molecule has 0 aromatic heterocycles. The predicted molar refractivity (Wildman–Crippen MR) is 114 cm³/mol. The summed E-state index contributed by atoms with van der Waals surface area (Å²) in [5.74, 6) is -0.316. The van der Waals surface area contributed by atoms with Gasteiger partial charge >= 0.3 is 0 Å². The Bertz CT molecular complexity index is 1470. The molecular weight excluding hydrogens is 423 g/mol. The molecule has 30 heavy (non-hydrogen) atoms. The average Bonchev–Trinajstić information content (AvgIpc) is 2.73. The molecule has 0 aliphatic rings. The lowest BCUT2D eigenvalue weighted by Gasteiger charge is -2.11. The van der Waals surface area contributed by atoms with Gasteiger partial charge in [0.1, 0.15) is 5.82 Å². The van der Waals surface area contributed by atoms with Crippen LogP contribution in [0.25, 0.3) is 21.9 Å². The van der Waals surface area contributed by atoms with E-state index in [1.165, 1.54) is 48.5 Å². The maximum absolute atomic E-state index is 13.2. The molecular formula is C23H17FO4S2. The number of fused-ring (bicyclic) bond motifs is 1. The molecule has 0 spiro atoms. The van der Waals surface area contributed by atoms with Crippen molar-refractivity contribution < 1.29 is 21.2 Å². The van der Waals surface area contributed by atoms with Crippen LogP contribution < -0.4 is 0 Å². The molecule has 0 fully saturated rings. The van der Waals surface area contributed by atoms with Gasteiger partial charge in [0, 0.05) is 6.26 Å². The Balaban J connectivity index is 1.81. The molecule has 0 saturated carbocycles. The van der Waals surface area contributed by atoms with E-state index < -0.39 is 19.7 Å². The highest BCUT2D eigenvalue weighted by Crippen LogP contribution is 2.31. The van der Waals surface area contributed by atoms with Crippen molar-refractivity contribution in [2.24, 2.45) is 0 Å². The monoisotopic (exact) mass is 440 g/mol. The fraction of sp³-hybridized carbons (Fsp3) is 0.0435. The summed E-state index contributed by atoms with van der Waals surface area (Å²) in [5, 5.41) is 1.51. The largest absolute Gasteiger partial charge is 0.224 e. The number of hydrogen-bond donors (Lipinski definition) is 0. The molecule has 0 aliphatic carbocycles. The Morgan fingerprint density at radius 2 is 1.20 bits per heavy atom. The van der Waals surface area contributed by atoms with E-state index in [2.05, 4.69) is 0 Å². The van der Waals surface area contributed by atoms with Gasteiger partial charge in [-0.15, -0.1) is 0 Å². The summed E-state index contributed by atoms with van der Waals surface area (Å²) in [5.41, 5.74) is 1.72. The number of sulfone groups is 2. The standard InChI is InChI=1S/C23H17FO4S2/c1-29(25,26)22-4-2-3-5-23(22)30(27,28)21-13-10-18-14-17(6-7-19(18)15-21)16-8-11-20(24)12-9-16/h2-15H,1H3. The van der Waals surface area contributed by atoms with Gasteiger partial charge in [0.2, 0.25) is 9.84 Å². The van der Waals surface area contributed by atoms with Crippen molar-refractivity contribution in [1.29, 1.82) is 0 Å². The Hall–Kier alpha value is -3.03. The van der Waals surface area contributed by atoms with Gasteiger partial charge in [-0.25, -0.2) is 21.2 Å². The Labute approximate surface area is 174 Å². The molecule has 4 rings (SSSR count). The van der Waals surface area contributed by atoms with Crippen LogP contribution in [-0.4, -0.2) is 23.1 Å². The molecule has 0 aliphatic heterocycles. The minimum atomic E-state index is -4.03. The first-order valence-corrected chi connectivity index (χ1v) is 12.4. The van der Waals surface area contributed by atoms with Crippen LogP contribution in [-0.2, 0) is 19.7 Å². The fourth-order valence-corrected chi connectivity index (χ4v) is 6.23. The molecule has 0 atom stereocenters. The van der Waals surface area contributed by atoms with E-state index >= 15 is 0 Å². The van der Waals surface area contributed by atoms with E-state index in [0.717, 1.165) is 22.8 Å². The Morgan fingerprint density at radius 3 is 1.87 bits per heavy atom. The van der Waals surface area contributed by atoms with Crippen LogP contribution in [0.15, 0.2) is 99.6 Å². The van der Waals surface area contributed by atoms with Gasteiger partial charge < -0.3 is 0 Å². The number of hydrogen-bond acceptors (Lipinski definition) is 4. The van der Waals surface area contributed by atoms with Crippen molar-refractivity contribution in [2.45, 2.75) is 14.7 Å². The van der Waals surface area contributed by atoms with Crippen LogP contribution in [0.4, 0.5) is 4.39 Å². The second-order valence-electron chi connectivity index (χ2n) is 6.95. The van der Waals surface area contributed by atoms with Gasteiger partial charge in [-0.05, 0) is 64.4 Å². The molecule has 4 aromatic carbocycles. The van der Waals surface area contributed by atoms with Crippen LogP contribution in [0.5, 0.6) is 0 Å². The zero-order valence-electron chi connectivity index (χ0n) is 15.9. The quantitative estimate of drug-likeness (QED) is 0.453. The summed E-state index contributed by atoms with van der Waals surface area (Å²) in [6, 6.07) is 21.9. The van der Waals surface area contributed by atoms with Crippen LogP contribution >= 0.6 is 0 Å². The Morgan fingerprint density at radius 1 is 0.633 bits per heavy atom. The van der Waals surface area contributed by atoms with E-state index in [1.807, 2.05) is 12.1 Å². The summed E-state index contributed by atoms with van der Waals surface area (Å²) in [4.78, 5) is -0.452. The van der Waals surface area contributed by atoms with Crippen molar-refractivity contribution >= 4 is 30.4 Å². The van der Waals surface area contributed by atoms with Crippen molar-refractivity contribution in [3.05, 3.63) is 90.7 Å². The van der Waals surface area contributed by atoms with Gasteiger partial charge in [0.25, 0.3) is 0 Å². The highest BCUT2D eigenvalue weighted by molar-refractivity contribution is 7.94. The smallest absolute Gasteiger partial charge is 0.207 e. The van der Waals surface area contributed by atoms with E-state index in [4.69, 9.17) is 0 Å². The predicted octanol–water partition coefficient (Wildman–Crippen LogP) is 4.88. The molecule has 4 nitrogen and oxygen atoms in total. The Kier molecular flexibility index (Phi) is 4.95. The molecule has 0 heterocycles. The second kappa shape index (κ2) is 7.34. The first-order chi connectivity index (χ1) is 14.2. The van der Waals surface area contributed by atoms with E-state index in [1.54, 1.807) is 24.3 Å². The van der Waals surface area contributed by atoms with Crippen molar-refractivity contribution in [2.75, 3.05) is 6.26 Å². The van der Waals surface area contributed by atoms with Crippen molar-refractivity contribution in [3.63, 3.8) is 0 Å². The third kappa shape index (κ3) is 3.74. The first-order valence-electron chi connectivity index (χ1n) is 9.00. The summed E-state index contributed by atoms with van der Waals surface area (Å²) in [7, 11) is -7.74. The summed E-state index contributed by atoms with van der Waals surface area (Å²) in [6.07, 6.45) is 0.985. The first kappa shape index (κ1) is 20.3. The van der Waals surface area contributed by atoms with Crippen molar-refractivity contribution in [3.8, 4) is 11.1 Å². The molecule has 0 radical (unpaired) electrons. The molecule has 7 heteroatoms. The average molecular weight is 441 g/mol. The van der Waals surface area contributed by atoms with E-state index in [-0.39, 0.29) is 20.5 Å². The highest BCUT2D eigenvalue weighted by Gasteiger charge is 2.25. The number of rotatable bonds is 4. The summed E-state index contributed by atoms with van der Waals surface area (Å²) in [6.45, 7) is 0. The maximum Gasteiger partial charge on any atom is 0.207 e. The van der Waals surface area contributed by atoms with Crippen LogP contribution in [0.1, 0.15) is 0 Å². The third-order valence-corrected chi connectivity index (χ3v) is 7.93. The highest BCUT2D eigenvalue weighted by atomic mass is 32.2. The number of benzene rings is 4. The fourth-order valence-electron chi connectivity index (χ4n) is 3.32. The van der Waals surface area contributed by atoms with Gasteiger partial charge in [0.15, 0.2) is 9.84 Å². The van der Waals surface area contributed by atoms with Crippen LogP contribution in [0.3, 0.4) is 0 Å². The van der Waals surface area contributed by atoms with E-state index in [0.29, 0.717) is 5.39 Å². The van der Waals surface area contributed by atoms with Crippen LogP contribution in [0.2, 0.25) is 0 Å². The molecule has 152 valence electrons. The summed E-state index contributed by atoms with van der Waals surface area (Å²) >= 11 is 0. The second-order valence-corrected chi connectivity index (χ2v) is 10.9. The lowest BCUT2D eigenvalue weighted by Crippen LogP contribution is -2.09. The molecule has 0 amide bonds. The van der Waals surface area contributed by atoms with E-state index in [9.17, 15) is 21.2 Å². The van der Waals surface area contributed by atoms with Gasteiger partial charge in [-0.2, -0.15) is 0 Å². The minimum absolute atomic E-state index is 0.0145. The third-order valence-electron chi connectivity index (χ3n) is 4.84. The van der Waals surface area contributed by atoms with Gasteiger partial charge in [-0.1, -0.05) is 42.5 Å². The topological polar surface area (TPSA) is 68.3 Å². The van der Waals surface area contributed by atoms with Crippen molar-refractivity contribution in [1.82, 2.24) is 0 Å². The lowest BCUT2D eigenvalue weighted by atomic mass is 10.0. The molecule has 0 unspecified atom stereocenters. The maximum atomic E-state index is 13.2. The normalized spacial score (nSPS) is 12.2. The number of halogens is 1. The van der Waals surface area contributed by atoms with Gasteiger partial charge in [-0.3, -0.25) is 0 Å². The molecule has 0 bridgehead atoms. The summed E-state index contributed by atoms with van der Waals surface area (Å²) < 4.78 is 63.6. The van der Waals surface area contributed by atoms with Crippen LogP contribution in [0, 0.1) is 5.82 Å². The zero-order valence-corrected chi connectivity index (χ0v) is 17.5. The molecule has 4 aromatic rings. The molecule has 0 N–H and O–H groups in total. The zero-order chi connectivity index (χ0) is 21.5. The minimum Gasteiger partial charge on any atom is -0.224 e. The van der Waals surface area contributed by atoms with Gasteiger partial charge in [0.05, 0.1) is 14.7 Å². The SMILES string of the molecule is CS(=O)(=O)c1ccccc1S(=O)(=O)c1ccc2cc(-c3ccc(F)cc3)ccc2c1.